The van der Waals surface area contributed by atoms with E-state index in [2.05, 4.69) is 10.6 Å². The molecule has 2 rings (SSSR count). The summed E-state index contributed by atoms with van der Waals surface area (Å²) in [5.41, 5.74) is 2.88. The van der Waals surface area contributed by atoms with Gasteiger partial charge in [0.05, 0.1) is 21.3 Å². The van der Waals surface area contributed by atoms with E-state index in [1.807, 2.05) is 32.0 Å². The Morgan fingerprint density at radius 3 is 2.62 bits per heavy atom. The molecule has 0 aliphatic rings. The Morgan fingerprint density at radius 2 is 1.90 bits per heavy atom. The first-order chi connectivity index (χ1) is 10.0. The van der Waals surface area contributed by atoms with E-state index in [0.717, 1.165) is 17.8 Å². The van der Waals surface area contributed by atoms with Crippen LogP contribution in [0, 0.1) is 6.92 Å². The van der Waals surface area contributed by atoms with E-state index in [1.165, 1.54) is 0 Å². The molecule has 0 aliphatic carbocycles. The van der Waals surface area contributed by atoms with Gasteiger partial charge < -0.3 is 10.6 Å². The molecule has 110 valence electrons. The lowest BCUT2D eigenvalue weighted by Gasteiger charge is -2.13. The van der Waals surface area contributed by atoms with E-state index < -0.39 is 0 Å². The van der Waals surface area contributed by atoms with Crippen molar-refractivity contribution in [2.24, 2.45) is 0 Å². The van der Waals surface area contributed by atoms with E-state index in [1.54, 1.807) is 18.2 Å². The molecule has 3 nitrogen and oxygen atoms in total. The van der Waals surface area contributed by atoms with Crippen molar-refractivity contribution in [3.8, 4) is 0 Å². The smallest absolute Gasteiger partial charge is 0.257 e. The summed E-state index contributed by atoms with van der Waals surface area (Å²) < 4.78 is 0. The summed E-state index contributed by atoms with van der Waals surface area (Å²) in [6, 6.07) is 10.8. The maximum Gasteiger partial charge on any atom is 0.257 e. The molecule has 0 spiro atoms. The number of carbonyl (C=O) groups excluding carboxylic acids is 1. The van der Waals surface area contributed by atoms with Crippen molar-refractivity contribution in [2.75, 3.05) is 17.2 Å². The van der Waals surface area contributed by atoms with Gasteiger partial charge >= 0.3 is 0 Å². The first-order valence-electron chi connectivity index (χ1n) is 6.62. The van der Waals surface area contributed by atoms with Crippen LogP contribution in [0.5, 0.6) is 0 Å². The number of nitrogens with one attached hydrogen (secondary N) is 2. The van der Waals surface area contributed by atoms with Gasteiger partial charge in [-0.05, 0) is 38.1 Å². The van der Waals surface area contributed by atoms with Crippen molar-refractivity contribution >= 4 is 40.5 Å². The Balaban J connectivity index is 2.32. The quantitative estimate of drug-likeness (QED) is 0.832. The molecule has 5 heteroatoms. The van der Waals surface area contributed by atoms with Crippen LogP contribution in [0.25, 0.3) is 0 Å². The number of halogens is 2. The van der Waals surface area contributed by atoms with Crippen LogP contribution in [-0.4, -0.2) is 12.5 Å². The number of carbonyl (C=O) groups is 1. The van der Waals surface area contributed by atoms with Gasteiger partial charge in [0.2, 0.25) is 0 Å². The first-order valence-corrected chi connectivity index (χ1v) is 7.38. The zero-order valence-corrected chi connectivity index (χ0v) is 13.3. The van der Waals surface area contributed by atoms with Gasteiger partial charge in [-0.25, -0.2) is 0 Å². The molecule has 2 aromatic rings. The second kappa shape index (κ2) is 6.83. The SMILES string of the molecule is CCNc1ccc(C)cc1C(=O)Nc1cccc(Cl)c1Cl. The van der Waals surface area contributed by atoms with Gasteiger partial charge in [0.25, 0.3) is 5.91 Å². The van der Waals surface area contributed by atoms with Crippen LogP contribution in [0.2, 0.25) is 10.0 Å². The van der Waals surface area contributed by atoms with E-state index in [4.69, 9.17) is 23.2 Å². The third-order valence-corrected chi connectivity index (χ3v) is 3.81. The summed E-state index contributed by atoms with van der Waals surface area (Å²) in [6.07, 6.45) is 0. The van der Waals surface area contributed by atoms with Gasteiger partial charge in [-0.1, -0.05) is 40.9 Å². The van der Waals surface area contributed by atoms with Crippen molar-refractivity contribution in [3.63, 3.8) is 0 Å². The second-order valence-electron chi connectivity index (χ2n) is 4.63. The predicted octanol–water partition coefficient (Wildman–Crippen LogP) is 4.99. The van der Waals surface area contributed by atoms with Crippen molar-refractivity contribution < 1.29 is 4.79 Å². The van der Waals surface area contributed by atoms with Gasteiger partial charge in [0.1, 0.15) is 0 Å². The Labute approximate surface area is 134 Å². The number of hydrogen-bond donors (Lipinski definition) is 2. The molecule has 1 amide bonds. The molecule has 0 radical (unpaired) electrons. The maximum atomic E-state index is 12.5. The number of aryl methyl sites for hydroxylation is 1. The number of rotatable bonds is 4. The Morgan fingerprint density at radius 1 is 1.14 bits per heavy atom. The van der Waals surface area contributed by atoms with Crippen LogP contribution >= 0.6 is 23.2 Å². The van der Waals surface area contributed by atoms with Gasteiger partial charge in [0.15, 0.2) is 0 Å². The number of hydrogen-bond acceptors (Lipinski definition) is 2. The molecule has 2 N–H and O–H groups in total. The minimum Gasteiger partial charge on any atom is -0.385 e. The predicted molar refractivity (Wildman–Crippen MR) is 89.8 cm³/mol. The molecule has 0 bridgehead atoms. The standard InChI is InChI=1S/C16H16Cl2N2O/c1-3-19-13-8-7-10(2)9-11(13)16(21)20-14-6-4-5-12(17)15(14)18/h4-9,19H,3H2,1-2H3,(H,20,21). The summed E-state index contributed by atoms with van der Waals surface area (Å²) in [5.74, 6) is -0.223. The normalized spacial score (nSPS) is 10.3. The second-order valence-corrected chi connectivity index (χ2v) is 5.42. The fourth-order valence-electron chi connectivity index (χ4n) is 1.98. The third kappa shape index (κ3) is 3.69. The molecule has 0 unspecified atom stereocenters. The molecule has 2 aromatic carbocycles. The molecule has 0 aromatic heterocycles. The van der Waals surface area contributed by atoms with Crippen molar-refractivity contribution in [2.45, 2.75) is 13.8 Å². The van der Waals surface area contributed by atoms with Gasteiger partial charge in [-0.15, -0.1) is 0 Å². The molecular formula is C16H16Cl2N2O. The largest absolute Gasteiger partial charge is 0.385 e. The average molecular weight is 323 g/mol. The lowest BCUT2D eigenvalue weighted by molar-refractivity contribution is 0.102. The summed E-state index contributed by atoms with van der Waals surface area (Å²) in [7, 11) is 0. The van der Waals surface area contributed by atoms with Gasteiger partial charge in [-0.2, -0.15) is 0 Å². The summed E-state index contributed by atoms with van der Waals surface area (Å²) in [5, 5.41) is 6.72. The van der Waals surface area contributed by atoms with E-state index in [-0.39, 0.29) is 5.91 Å². The molecule has 0 fully saturated rings. The molecule has 0 aliphatic heterocycles. The molecule has 0 saturated carbocycles. The van der Waals surface area contributed by atoms with E-state index in [9.17, 15) is 4.79 Å². The first kappa shape index (κ1) is 15.7. The summed E-state index contributed by atoms with van der Waals surface area (Å²) >= 11 is 12.0. The fraction of sp³-hybridized carbons (Fsp3) is 0.188. The zero-order chi connectivity index (χ0) is 15.4. The molecule has 21 heavy (non-hydrogen) atoms. The molecule has 0 saturated heterocycles. The Kier molecular flexibility index (Phi) is 5.10. The van der Waals surface area contributed by atoms with Gasteiger partial charge in [-0.3, -0.25) is 4.79 Å². The van der Waals surface area contributed by atoms with Crippen molar-refractivity contribution in [1.29, 1.82) is 0 Å². The lowest BCUT2D eigenvalue weighted by atomic mass is 10.1. The van der Waals surface area contributed by atoms with Crippen LogP contribution < -0.4 is 10.6 Å². The zero-order valence-electron chi connectivity index (χ0n) is 11.8. The van der Waals surface area contributed by atoms with Crippen LogP contribution in [0.4, 0.5) is 11.4 Å². The number of amides is 1. The number of anilines is 2. The van der Waals surface area contributed by atoms with Crippen molar-refractivity contribution in [3.05, 3.63) is 57.6 Å². The maximum absolute atomic E-state index is 12.5. The molecule has 0 heterocycles. The highest BCUT2D eigenvalue weighted by atomic mass is 35.5. The summed E-state index contributed by atoms with van der Waals surface area (Å²) in [4.78, 5) is 12.5. The third-order valence-electron chi connectivity index (χ3n) is 2.99. The monoisotopic (exact) mass is 322 g/mol. The van der Waals surface area contributed by atoms with Crippen molar-refractivity contribution in [1.82, 2.24) is 0 Å². The minimum absolute atomic E-state index is 0.223. The minimum atomic E-state index is -0.223. The average Bonchev–Trinajstić information content (AvgIpc) is 2.46. The highest BCUT2D eigenvalue weighted by molar-refractivity contribution is 6.44. The lowest BCUT2D eigenvalue weighted by Crippen LogP contribution is -2.15. The van der Waals surface area contributed by atoms with Crippen LogP contribution in [0.3, 0.4) is 0 Å². The highest BCUT2D eigenvalue weighted by Gasteiger charge is 2.14. The van der Waals surface area contributed by atoms with E-state index in [0.29, 0.717) is 21.3 Å². The fourth-order valence-corrected chi connectivity index (χ4v) is 2.33. The van der Waals surface area contributed by atoms with Crippen LogP contribution in [0.1, 0.15) is 22.8 Å². The van der Waals surface area contributed by atoms with Gasteiger partial charge in [0, 0.05) is 12.2 Å². The Hall–Kier alpha value is -1.71. The summed E-state index contributed by atoms with van der Waals surface area (Å²) in [6.45, 7) is 4.66. The number of benzene rings is 2. The molecule has 0 atom stereocenters. The topological polar surface area (TPSA) is 41.1 Å². The van der Waals surface area contributed by atoms with Crippen LogP contribution in [0.15, 0.2) is 36.4 Å². The highest BCUT2D eigenvalue weighted by Crippen LogP contribution is 2.30. The van der Waals surface area contributed by atoms with E-state index >= 15 is 0 Å². The molecular weight excluding hydrogens is 307 g/mol. The Bertz CT molecular complexity index is 671. The van der Waals surface area contributed by atoms with Crippen LogP contribution in [-0.2, 0) is 0 Å².